The van der Waals surface area contributed by atoms with E-state index in [-0.39, 0.29) is 24.0 Å². The maximum absolute atomic E-state index is 12.5. The molecular formula is C11H21N5O3S. The lowest BCUT2D eigenvalue weighted by Crippen LogP contribution is -2.39. The smallest absolute Gasteiger partial charge is 0.262 e. The molecule has 9 heteroatoms. The van der Waals surface area contributed by atoms with Gasteiger partial charge in [-0.2, -0.15) is 4.31 Å². The van der Waals surface area contributed by atoms with E-state index in [4.69, 9.17) is 10.9 Å². The largest absolute Gasteiger partial charge is 0.409 e. The van der Waals surface area contributed by atoms with Gasteiger partial charge in [-0.1, -0.05) is 12.1 Å². The Morgan fingerprint density at radius 1 is 1.55 bits per heavy atom. The van der Waals surface area contributed by atoms with E-state index in [1.807, 2.05) is 13.8 Å². The van der Waals surface area contributed by atoms with Crippen molar-refractivity contribution in [3.63, 3.8) is 0 Å². The van der Waals surface area contributed by atoms with Crippen LogP contribution in [0.1, 0.15) is 26.1 Å². The van der Waals surface area contributed by atoms with Gasteiger partial charge in [-0.3, -0.25) is 0 Å². The normalized spacial score (nSPS) is 13.1. The van der Waals surface area contributed by atoms with Crippen molar-refractivity contribution in [3.8, 4) is 0 Å². The molecule has 0 spiro atoms. The lowest BCUT2D eigenvalue weighted by Gasteiger charge is -2.19. The first-order valence-electron chi connectivity index (χ1n) is 6.37. The summed E-state index contributed by atoms with van der Waals surface area (Å²) >= 11 is 0. The first-order valence-corrected chi connectivity index (χ1v) is 7.81. The van der Waals surface area contributed by atoms with Crippen molar-refractivity contribution < 1.29 is 13.6 Å². The van der Waals surface area contributed by atoms with Crippen LogP contribution in [0.15, 0.2) is 16.4 Å². The van der Waals surface area contributed by atoms with Crippen molar-refractivity contribution in [1.29, 1.82) is 0 Å². The molecule has 0 aliphatic carbocycles. The molecule has 20 heavy (non-hydrogen) atoms. The van der Waals surface area contributed by atoms with E-state index in [0.717, 1.165) is 4.31 Å². The predicted octanol–water partition coefficient (Wildman–Crippen LogP) is 0.359. The molecule has 0 aliphatic heterocycles. The van der Waals surface area contributed by atoms with E-state index in [2.05, 4.69) is 10.1 Å². The van der Waals surface area contributed by atoms with Crippen LogP contribution in [0.25, 0.3) is 0 Å². The van der Waals surface area contributed by atoms with Gasteiger partial charge in [0, 0.05) is 19.3 Å². The minimum Gasteiger partial charge on any atom is -0.409 e. The molecule has 0 saturated carbocycles. The molecule has 0 bridgehead atoms. The maximum atomic E-state index is 12.5. The van der Waals surface area contributed by atoms with E-state index < -0.39 is 10.0 Å². The van der Waals surface area contributed by atoms with Crippen molar-refractivity contribution in [2.75, 3.05) is 13.1 Å². The standard InChI is InChI=1S/C11H21N5O3S/c1-4-6-16(7-10(12)14-17)20(18,19)11-8-15(5-2)9(3)13-11/h8,17H,4-7H2,1-3H3,(H2,12,14). The van der Waals surface area contributed by atoms with Gasteiger partial charge in [-0.05, 0) is 20.3 Å². The highest BCUT2D eigenvalue weighted by Crippen LogP contribution is 2.15. The average molecular weight is 303 g/mol. The number of nitrogens with two attached hydrogens (primary N) is 1. The van der Waals surface area contributed by atoms with Crippen LogP contribution in [0, 0.1) is 6.92 Å². The monoisotopic (exact) mass is 303 g/mol. The van der Waals surface area contributed by atoms with Crippen LogP contribution in [0.2, 0.25) is 0 Å². The molecule has 1 aromatic heterocycles. The number of oxime groups is 1. The van der Waals surface area contributed by atoms with Crippen LogP contribution in [0.3, 0.4) is 0 Å². The highest BCUT2D eigenvalue weighted by Gasteiger charge is 2.27. The Kier molecular flexibility index (Phi) is 5.52. The number of hydrogen-bond donors (Lipinski definition) is 2. The Labute approximate surface area is 118 Å². The number of sulfonamides is 1. The minimum atomic E-state index is -3.75. The zero-order chi connectivity index (χ0) is 15.3. The lowest BCUT2D eigenvalue weighted by atomic mass is 10.4. The molecule has 114 valence electrons. The molecular weight excluding hydrogens is 282 g/mol. The molecule has 1 heterocycles. The van der Waals surface area contributed by atoms with E-state index >= 15 is 0 Å². The highest BCUT2D eigenvalue weighted by molar-refractivity contribution is 7.89. The van der Waals surface area contributed by atoms with Crippen LogP contribution in [0.5, 0.6) is 0 Å². The third-order valence-electron chi connectivity index (χ3n) is 2.84. The fourth-order valence-corrected chi connectivity index (χ4v) is 3.30. The average Bonchev–Trinajstić information content (AvgIpc) is 2.79. The third-order valence-corrected chi connectivity index (χ3v) is 4.56. The number of hydrogen-bond acceptors (Lipinski definition) is 5. The van der Waals surface area contributed by atoms with Crippen molar-refractivity contribution >= 4 is 15.9 Å². The van der Waals surface area contributed by atoms with Gasteiger partial charge < -0.3 is 15.5 Å². The van der Waals surface area contributed by atoms with Gasteiger partial charge in [-0.25, -0.2) is 13.4 Å². The van der Waals surface area contributed by atoms with Gasteiger partial charge in [0.2, 0.25) is 0 Å². The van der Waals surface area contributed by atoms with Gasteiger partial charge in [0.25, 0.3) is 10.0 Å². The fraction of sp³-hybridized carbons (Fsp3) is 0.636. The number of aryl methyl sites for hydroxylation is 2. The summed E-state index contributed by atoms with van der Waals surface area (Å²) in [5.74, 6) is 0.472. The van der Waals surface area contributed by atoms with Crippen LogP contribution in [-0.2, 0) is 16.6 Å². The van der Waals surface area contributed by atoms with Crippen LogP contribution in [0.4, 0.5) is 0 Å². The Morgan fingerprint density at radius 3 is 2.65 bits per heavy atom. The quantitative estimate of drug-likeness (QED) is 0.327. The molecule has 0 fully saturated rings. The molecule has 0 radical (unpaired) electrons. The van der Waals surface area contributed by atoms with E-state index in [9.17, 15) is 8.42 Å². The second-order valence-corrected chi connectivity index (χ2v) is 6.23. The number of rotatable bonds is 7. The molecule has 0 aliphatic rings. The first kappa shape index (κ1) is 16.4. The van der Waals surface area contributed by atoms with Crippen molar-refractivity contribution in [1.82, 2.24) is 13.9 Å². The number of amidine groups is 1. The van der Waals surface area contributed by atoms with Crippen LogP contribution < -0.4 is 5.73 Å². The maximum Gasteiger partial charge on any atom is 0.262 e. The van der Waals surface area contributed by atoms with Gasteiger partial charge in [0.1, 0.15) is 5.82 Å². The zero-order valence-corrected chi connectivity index (χ0v) is 12.8. The number of aromatic nitrogens is 2. The Bertz CT molecular complexity index is 579. The Morgan fingerprint density at radius 2 is 2.20 bits per heavy atom. The van der Waals surface area contributed by atoms with Gasteiger partial charge in [0.05, 0.1) is 6.54 Å². The topological polar surface area (TPSA) is 114 Å². The van der Waals surface area contributed by atoms with Crippen molar-refractivity contribution in [3.05, 3.63) is 12.0 Å². The summed E-state index contributed by atoms with van der Waals surface area (Å²) in [5, 5.41) is 11.4. The summed E-state index contributed by atoms with van der Waals surface area (Å²) < 4.78 is 27.9. The molecule has 0 amide bonds. The summed E-state index contributed by atoms with van der Waals surface area (Å²) in [5.41, 5.74) is 5.41. The van der Waals surface area contributed by atoms with E-state index in [1.54, 1.807) is 11.5 Å². The first-order chi connectivity index (χ1) is 9.36. The van der Waals surface area contributed by atoms with E-state index in [1.165, 1.54) is 6.20 Å². The lowest BCUT2D eigenvalue weighted by molar-refractivity contribution is 0.314. The number of nitrogens with zero attached hydrogens (tertiary/aromatic N) is 4. The second-order valence-electron chi connectivity index (χ2n) is 4.34. The van der Waals surface area contributed by atoms with E-state index in [0.29, 0.717) is 18.8 Å². The molecule has 0 unspecified atom stereocenters. The summed E-state index contributed by atoms with van der Waals surface area (Å²) in [6, 6.07) is 0. The minimum absolute atomic E-state index is 0.0176. The SMILES string of the molecule is CCCN(CC(N)=NO)S(=O)(=O)c1cn(CC)c(C)n1. The second kappa shape index (κ2) is 6.71. The van der Waals surface area contributed by atoms with Gasteiger partial charge >= 0.3 is 0 Å². The Hall–Kier alpha value is -1.61. The molecule has 1 rings (SSSR count). The van der Waals surface area contributed by atoms with Crippen molar-refractivity contribution in [2.45, 2.75) is 38.8 Å². The molecule has 0 aromatic carbocycles. The Balaban J connectivity index is 3.14. The summed E-state index contributed by atoms with van der Waals surface area (Å²) in [7, 11) is -3.75. The summed E-state index contributed by atoms with van der Waals surface area (Å²) in [6.45, 7) is 6.26. The number of imidazole rings is 1. The summed E-state index contributed by atoms with van der Waals surface area (Å²) in [4.78, 5) is 4.08. The molecule has 0 saturated heterocycles. The third kappa shape index (κ3) is 3.48. The van der Waals surface area contributed by atoms with Gasteiger partial charge in [0.15, 0.2) is 10.9 Å². The van der Waals surface area contributed by atoms with Crippen molar-refractivity contribution in [2.24, 2.45) is 10.9 Å². The predicted molar refractivity (Wildman–Crippen MR) is 75.1 cm³/mol. The highest BCUT2D eigenvalue weighted by atomic mass is 32.2. The zero-order valence-electron chi connectivity index (χ0n) is 11.9. The molecule has 1 aromatic rings. The van der Waals surface area contributed by atoms with Crippen LogP contribution >= 0.6 is 0 Å². The fourth-order valence-electron chi connectivity index (χ4n) is 1.80. The van der Waals surface area contributed by atoms with Gasteiger partial charge in [-0.15, -0.1) is 0 Å². The molecule has 3 N–H and O–H groups in total. The molecule has 8 nitrogen and oxygen atoms in total. The summed E-state index contributed by atoms with van der Waals surface area (Å²) in [6.07, 6.45) is 2.12. The van der Waals surface area contributed by atoms with Crippen LogP contribution in [-0.4, -0.2) is 46.4 Å². The molecule has 0 atom stereocenters.